The SMILES string of the molecule is c1ccc(-c2ccc(N3c4ccc(-c5ccccc5)cc4B4c5ccc(-c6cc7c8ccccc8n8c9ccccc9c(c6)c78)cc5N(c5ccc(-c6ccccc6)cc5)c5cc(-c6ccc7oc8ccccc8c7c6)cc3c54)cc2)cc1. The first-order chi connectivity index (χ1) is 41.1. The molecule has 0 saturated carbocycles. The molecule has 16 aromatic rings. The van der Waals surface area contributed by atoms with Crippen molar-refractivity contribution in [2.24, 2.45) is 0 Å². The van der Waals surface area contributed by atoms with Crippen molar-refractivity contribution >= 4 is 117 Å². The second kappa shape index (κ2) is 17.8. The third-order valence-electron chi connectivity index (χ3n) is 17.9. The fourth-order valence-electron chi connectivity index (χ4n) is 14.1. The number of hydrogen-bond acceptors (Lipinski definition) is 3. The van der Waals surface area contributed by atoms with Crippen molar-refractivity contribution in [3.05, 3.63) is 291 Å². The molecule has 2 aliphatic heterocycles. The predicted octanol–water partition coefficient (Wildman–Crippen LogP) is 19.2. The fourth-order valence-corrected chi connectivity index (χ4v) is 14.1. The number of anilines is 6. The second-order valence-corrected chi connectivity index (χ2v) is 22.4. The third-order valence-corrected chi connectivity index (χ3v) is 17.9. The molecule has 0 N–H and O–H groups in total. The van der Waals surface area contributed by atoms with Crippen LogP contribution in [0.1, 0.15) is 0 Å². The summed E-state index contributed by atoms with van der Waals surface area (Å²) in [6.45, 7) is -0.123. The average molecular weight is 1050 g/mol. The molecule has 5 heterocycles. The number of nitrogens with zero attached hydrogens (tertiary/aromatic N) is 3. The van der Waals surface area contributed by atoms with E-state index in [-0.39, 0.29) is 6.71 Å². The van der Waals surface area contributed by atoms with Crippen LogP contribution in [-0.4, -0.2) is 11.1 Å². The van der Waals surface area contributed by atoms with Crippen LogP contribution in [0.15, 0.2) is 296 Å². The second-order valence-electron chi connectivity index (χ2n) is 22.4. The van der Waals surface area contributed by atoms with E-state index in [1.807, 2.05) is 6.07 Å². The molecule has 13 aromatic carbocycles. The highest BCUT2D eigenvalue weighted by atomic mass is 16.3. The van der Waals surface area contributed by atoms with Crippen LogP contribution in [0, 0.1) is 0 Å². The molecule has 4 nitrogen and oxygen atoms in total. The lowest BCUT2D eigenvalue weighted by Gasteiger charge is -2.44. The summed E-state index contributed by atoms with van der Waals surface area (Å²) in [6, 6.07) is 108. The van der Waals surface area contributed by atoms with Crippen LogP contribution in [0.2, 0.25) is 0 Å². The Morgan fingerprint density at radius 3 is 1.29 bits per heavy atom. The van der Waals surface area contributed by atoms with Crippen LogP contribution < -0.4 is 26.2 Å². The molecular formula is C78H48BN3O. The Labute approximate surface area is 480 Å². The van der Waals surface area contributed by atoms with E-state index < -0.39 is 0 Å². The highest BCUT2D eigenvalue weighted by Gasteiger charge is 2.44. The Hall–Kier alpha value is -10.9. The molecule has 0 bridgehead atoms. The van der Waals surface area contributed by atoms with Crippen LogP contribution in [0.3, 0.4) is 0 Å². The fraction of sp³-hybridized carbons (Fsp3) is 0. The standard InChI is InChI=1S/C78H48BN3O/c1-4-16-49(17-5-1)52-28-35-59(36-29-52)80-71-40-33-55(51-20-8-3-9-21-51)45-68(71)79-67-39-32-56(57-43-65-61-22-10-13-25-69(61)82-70-26-14-11-23-62(70)66(44-57)78(65)82)46-72(67)81(60-37-30-53(31-38-60)50-18-6-2-7-19-50)74-48-58(47-73(80)77(74)79)54-34-41-76-64(42-54)63-24-12-15-27-75(63)83-76/h1-48H. The normalized spacial score (nSPS) is 12.7. The van der Waals surface area contributed by atoms with Gasteiger partial charge in [0.15, 0.2) is 0 Å². The minimum Gasteiger partial charge on any atom is -0.456 e. The van der Waals surface area contributed by atoms with E-state index in [2.05, 4.69) is 299 Å². The van der Waals surface area contributed by atoms with Crippen LogP contribution in [-0.2, 0) is 0 Å². The summed E-state index contributed by atoms with van der Waals surface area (Å²) < 4.78 is 8.93. The molecule has 3 aromatic heterocycles. The highest BCUT2D eigenvalue weighted by molar-refractivity contribution is 7.00. The zero-order chi connectivity index (χ0) is 54.3. The summed E-state index contributed by atoms with van der Waals surface area (Å²) in [5, 5.41) is 7.28. The summed E-state index contributed by atoms with van der Waals surface area (Å²) >= 11 is 0. The van der Waals surface area contributed by atoms with Crippen LogP contribution >= 0.6 is 0 Å². The van der Waals surface area contributed by atoms with Gasteiger partial charge in [-0.05, 0) is 163 Å². The van der Waals surface area contributed by atoms with Gasteiger partial charge in [-0.3, -0.25) is 0 Å². The lowest BCUT2D eigenvalue weighted by molar-refractivity contribution is 0.669. The number of furan rings is 1. The van der Waals surface area contributed by atoms with Crippen molar-refractivity contribution in [1.82, 2.24) is 4.40 Å². The molecule has 18 rings (SSSR count). The lowest BCUT2D eigenvalue weighted by atomic mass is 9.33. The Balaban J connectivity index is 0.927. The van der Waals surface area contributed by atoms with Gasteiger partial charge in [-0.2, -0.15) is 0 Å². The Kier molecular flexibility index (Phi) is 9.86. The van der Waals surface area contributed by atoms with Crippen molar-refractivity contribution in [3.8, 4) is 55.6 Å². The number of rotatable bonds is 7. The molecule has 0 radical (unpaired) electrons. The average Bonchev–Trinajstić information content (AvgIpc) is 2.01. The summed E-state index contributed by atoms with van der Waals surface area (Å²) in [7, 11) is 0. The lowest BCUT2D eigenvalue weighted by Crippen LogP contribution is -2.61. The Morgan fingerprint density at radius 2 is 0.675 bits per heavy atom. The van der Waals surface area contributed by atoms with Gasteiger partial charge in [-0.25, -0.2) is 0 Å². The van der Waals surface area contributed by atoms with E-state index in [1.165, 1.54) is 99.0 Å². The number of hydrogen-bond donors (Lipinski definition) is 0. The van der Waals surface area contributed by atoms with Crippen LogP contribution in [0.5, 0.6) is 0 Å². The third kappa shape index (κ3) is 6.95. The quantitative estimate of drug-likeness (QED) is 0.149. The topological polar surface area (TPSA) is 24.0 Å². The number of para-hydroxylation sites is 3. The Morgan fingerprint density at radius 1 is 0.253 bits per heavy atom. The number of aromatic nitrogens is 1. The Bertz CT molecular complexity index is 5180. The van der Waals surface area contributed by atoms with Gasteiger partial charge < -0.3 is 18.6 Å². The molecule has 0 aliphatic carbocycles. The van der Waals surface area contributed by atoms with Crippen molar-refractivity contribution in [1.29, 1.82) is 0 Å². The van der Waals surface area contributed by atoms with Crippen LogP contribution in [0.25, 0.3) is 116 Å². The van der Waals surface area contributed by atoms with Gasteiger partial charge >= 0.3 is 0 Å². The molecule has 0 saturated heterocycles. The van der Waals surface area contributed by atoms with Gasteiger partial charge in [0.2, 0.25) is 0 Å². The largest absolute Gasteiger partial charge is 0.456 e. The highest BCUT2D eigenvalue weighted by Crippen LogP contribution is 2.49. The molecule has 384 valence electrons. The van der Waals surface area contributed by atoms with E-state index >= 15 is 0 Å². The molecule has 2 aliphatic rings. The van der Waals surface area contributed by atoms with Gasteiger partial charge in [-0.1, -0.05) is 200 Å². The van der Waals surface area contributed by atoms with Gasteiger partial charge in [0.1, 0.15) is 11.2 Å². The van der Waals surface area contributed by atoms with Crippen molar-refractivity contribution in [2.45, 2.75) is 0 Å². The maximum absolute atomic E-state index is 6.46. The molecule has 0 fully saturated rings. The first-order valence-electron chi connectivity index (χ1n) is 28.7. The molecule has 0 unspecified atom stereocenters. The smallest absolute Gasteiger partial charge is 0.252 e. The van der Waals surface area contributed by atoms with Gasteiger partial charge in [0.05, 0.1) is 16.6 Å². The summed E-state index contributed by atoms with van der Waals surface area (Å²) in [5.41, 5.74) is 27.8. The van der Waals surface area contributed by atoms with E-state index in [0.717, 1.165) is 67.2 Å². The van der Waals surface area contributed by atoms with Crippen molar-refractivity contribution in [2.75, 3.05) is 9.80 Å². The van der Waals surface area contributed by atoms with Gasteiger partial charge in [-0.15, -0.1) is 0 Å². The molecule has 83 heavy (non-hydrogen) atoms. The zero-order valence-corrected chi connectivity index (χ0v) is 45.0. The molecule has 0 atom stereocenters. The molecule has 5 heteroatoms. The minimum atomic E-state index is -0.123. The molecular weight excluding hydrogens is 1010 g/mol. The van der Waals surface area contributed by atoms with Gasteiger partial charge in [0.25, 0.3) is 6.71 Å². The van der Waals surface area contributed by atoms with E-state index in [4.69, 9.17) is 4.42 Å². The van der Waals surface area contributed by atoms with E-state index in [0.29, 0.717) is 0 Å². The van der Waals surface area contributed by atoms with Crippen LogP contribution in [0.4, 0.5) is 34.1 Å². The number of benzene rings is 13. The molecule has 0 spiro atoms. The zero-order valence-electron chi connectivity index (χ0n) is 45.0. The maximum Gasteiger partial charge on any atom is 0.252 e. The van der Waals surface area contributed by atoms with E-state index in [9.17, 15) is 0 Å². The van der Waals surface area contributed by atoms with E-state index in [1.54, 1.807) is 0 Å². The predicted molar refractivity (Wildman–Crippen MR) is 350 cm³/mol. The van der Waals surface area contributed by atoms with Crippen molar-refractivity contribution < 1.29 is 4.42 Å². The minimum absolute atomic E-state index is 0.123. The summed E-state index contributed by atoms with van der Waals surface area (Å²) in [6.07, 6.45) is 0. The van der Waals surface area contributed by atoms with Crippen molar-refractivity contribution in [3.63, 3.8) is 0 Å². The number of fused-ring (bicyclic) bond motifs is 13. The first-order valence-corrected chi connectivity index (χ1v) is 28.7. The van der Waals surface area contributed by atoms with Gasteiger partial charge in [0, 0.05) is 66.4 Å². The summed E-state index contributed by atoms with van der Waals surface area (Å²) in [5.74, 6) is 0. The summed E-state index contributed by atoms with van der Waals surface area (Å²) in [4.78, 5) is 5.10. The molecule has 0 amide bonds. The first kappa shape index (κ1) is 45.9. The maximum atomic E-state index is 6.46. The monoisotopic (exact) mass is 1050 g/mol.